The van der Waals surface area contributed by atoms with Crippen LogP contribution in [-0.2, 0) is 0 Å². The lowest BCUT2D eigenvalue weighted by Crippen LogP contribution is -2.01. The van der Waals surface area contributed by atoms with Gasteiger partial charge in [0.2, 0.25) is 0 Å². The molecule has 0 saturated heterocycles. The Kier molecular flexibility index (Phi) is 4.50. The number of halogens is 2. The van der Waals surface area contributed by atoms with Crippen molar-refractivity contribution in [2.24, 2.45) is 0 Å². The number of aliphatic hydroxyl groups excluding tert-OH is 1. The van der Waals surface area contributed by atoms with Crippen LogP contribution < -0.4 is 4.74 Å². The fourth-order valence-corrected chi connectivity index (χ4v) is 2.39. The lowest BCUT2D eigenvalue weighted by molar-refractivity contribution is 0.220. The van der Waals surface area contributed by atoms with E-state index in [1.807, 2.05) is 25.1 Å². The Hall–Kier alpha value is -1.03. The van der Waals surface area contributed by atoms with Gasteiger partial charge in [-0.1, -0.05) is 45.7 Å². The second kappa shape index (κ2) is 5.95. The van der Waals surface area contributed by atoms with Crippen LogP contribution in [0.25, 0.3) is 0 Å². The summed E-state index contributed by atoms with van der Waals surface area (Å²) in [7, 11) is 1.58. The van der Waals surface area contributed by atoms with Gasteiger partial charge in [0.15, 0.2) is 0 Å². The Labute approximate surface area is 126 Å². The van der Waals surface area contributed by atoms with Crippen LogP contribution >= 0.6 is 27.5 Å². The van der Waals surface area contributed by atoms with Crippen molar-refractivity contribution >= 4 is 27.5 Å². The molecule has 1 N–H and O–H groups in total. The van der Waals surface area contributed by atoms with E-state index in [0.717, 1.165) is 15.6 Å². The quantitative estimate of drug-likeness (QED) is 0.890. The number of aryl methyl sites for hydroxylation is 1. The molecule has 0 aliphatic rings. The molecular formula is C15H14BrClO2. The lowest BCUT2D eigenvalue weighted by Gasteiger charge is -2.15. The van der Waals surface area contributed by atoms with Crippen molar-refractivity contribution in [2.75, 3.05) is 7.11 Å². The van der Waals surface area contributed by atoms with E-state index in [4.69, 9.17) is 16.3 Å². The van der Waals surface area contributed by atoms with Crippen LogP contribution in [0.15, 0.2) is 40.9 Å². The van der Waals surface area contributed by atoms with E-state index in [1.165, 1.54) is 0 Å². The number of methoxy groups -OCH3 is 1. The molecule has 2 aromatic carbocycles. The van der Waals surface area contributed by atoms with Gasteiger partial charge in [0, 0.05) is 10.0 Å². The SMILES string of the molecule is COc1ccc(C(O)c2ccc(Br)c(C)c2)c(Cl)c1. The molecular weight excluding hydrogens is 328 g/mol. The number of aliphatic hydroxyl groups is 1. The molecule has 1 atom stereocenters. The van der Waals surface area contributed by atoms with Crippen molar-refractivity contribution in [3.8, 4) is 5.75 Å². The largest absolute Gasteiger partial charge is 0.497 e. The molecule has 4 heteroatoms. The van der Waals surface area contributed by atoms with Crippen molar-refractivity contribution < 1.29 is 9.84 Å². The first-order valence-corrected chi connectivity index (χ1v) is 6.97. The molecule has 0 aliphatic heterocycles. The fraction of sp³-hybridized carbons (Fsp3) is 0.200. The fourth-order valence-electron chi connectivity index (χ4n) is 1.87. The molecule has 2 aromatic rings. The zero-order chi connectivity index (χ0) is 14.0. The van der Waals surface area contributed by atoms with Crippen molar-refractivity contribution in [1.82, 2.24) is 0 Å². The van der Waals surface area contributed by atoms with Crippen LogP contribution in [0.2, 0.25) is 5.02 Å². The second-order valence-corrected chi connectivity index (χ2v) is 5.56. The Bertz CT molecular complexity index is 599. The van der Waals surface area contributed by atoms with Gasteiger partial charge in [-0.05, 0) is 36.2 Å². The van der Waals surface area contributed by atoms with E-state index in [1.54, 1.807) is 25.3 Å². The molecule has 19 heavy (non-hydrogen) atoms. The Morgan fingerprint density at radius 3 is 2.53 bits per heavy atom. The van der Waals surface area contributed by atoms with Gasteiger partial charge in [-0.15, -0.1) is 0 Å². The molecule has 0 aromatic heterocycles. The smallest absolute Gasteiger partial charge is 0.120 e. The number of hydrogen-bond donors (Lipinski definition) is 1. The number of hydrogen-bond acceptors (Lipinski definition) is 2. The first-order chi connectivity index (χ1) is 9.02. The molecule has 0 aliphatic carbocycles. The van der Waals surface area contributed by atoms with E-state index < -0.39 is 6.10 Å². The summed E-state index contributed by atoms with van der Waals surface area (Å²) >= 11 is 9.62. The monoisotopic (exact) mass is 340 g/mol. The molecule has 1 unspecified atom stereocenters. The van der Waals surface area contributed by atoms with Gasteiger partial charge in [-0.2, -0.15) is 0 Å². The summed E-state index contributed by atoms with van der Waals surface area (Å²) in [6, 6.07) is 11.0. The van der Waals surface area contributed by atoms with Crippen LogP contribution in [0, 0.1) is 6.92 Å². The minimum atomic E-state index is -0.745. The predicted molar refractivity (Wildman–Crippen MR) is 80.9 cm³/mol. The van der Waals surface area contributed by atoms with E-state index in [0.29, 0.717) is 16.3 Å². The van der Waals surface area contributed by atoms with Crippen LogP contribution in [0.1, 0.15) is 22.8 Å². The topological polar surface area (TPSA) is 29.5 Å². The molecule has 0 spiro atoms. The van der Waals surface area contributed by atoms with Gasteiger partial charge in [-0.25, -0.2) is 0 Å². The van der Waals surface area contributed by atoms with Crippen LogP contribution in [0.3, 0.4) is 0 Å². The molecule has 0 heterocycles. The summed E-state index contributed by atoms with van der Waals surface area (Å²) in [5, 5.41) is 10.9. The minimum Gasteiger partial charge on any atom is -0.497 e. The predicted octanol–water partition coefficient (Wildman–Crippen LogP) is 4.50. The number of ether oxygens (including phenoxy) is 1. The summed E-state index contributed by atoms with van der Waals surface area (Å²) in [5.41, 5.74) is 2.55. The molecule has 2 nitrogen and oxygen atoms in total. The van der Waals surface area contributed by atoms with Gasteiger partial charge in [0.1, 0.15) is 11.9 Å². The van der Waals surface area contributed by atoms with Crippen LogP contribution in [-0.4, -0.2) is 12.2 Å². The van der Waals surface area contributed by atoms with Gasteiger partial charge in [0.05, 0.1) is 12.1 Å². The first kappa shape index (κ1) is 14.4. The zero-order valence-corrected chi connectivity index (χ0v) is 13.0. The van der Waals surface area contributed by atoms with Crippen molar-refractivity contribution in [2.45, 2.75) is 13.0 Å². The lowest BCUT2D eigenvalue weighted by atomic mass is 10.00. The number of benzene rings is 2. The van der Waals surface area contributed by atoms with Crippen LogP contribution in [0.4, 0.5) is 0 Å². The van der Waals surface area contributed by atoms with Gasteiger partial charge in [0.25, 0.3) is 0 Å². The minimum absolute atomic E-state index is 0.493. The molecule has 2 rings (SSSR count). The average molecular weight is 342 g/mol. The maximum absolute atomic E-state index is 10.4. The van der Waals surface area contributed by atoms with Crippen molar-refractivity contribution in [1.29, 1.82) is 0 Å². The molecule has 0 radical (unpaired) electrons. The Morgan fingerprint density at radius 1 is 1.21 bits per heavy atom. The highest BCUT2D eigenvalue weighted by Crippen LogP contribution is 2.32. The van der Waals surface area contributed by atoms with E-state index >= 15 is 0 Å². The highest BCUT2D eigenvalue weighted by atomic mass is 79.9. The maximum Gasteiger partial charge on any atom is 0.120 e. The summed E-state index contributed by atoms with van der Waals surface area (Å²) in [6.07, 6.45) is -0.745. The maximum atomic E-state index is 10.4. The summed E-state index contributed by atoms with van der Waals surface area (Å²) < 4.78 is 6.12. The second-order valence-electron chi connectivity index (χ2n) is 4.30. The zero-order valence-electron chi connectivity index (χ0n) is 10.7. The van der Waals surface area contributed by atoms with E-state index in [-0.39, 0.29) is 0 Å². The Morgan fingerprint density at radius 2 is 1.95 bits per heavy atom. The highest BCUT2D eigenvalue weighted by molar-refractivity contribution is 9.10. The highest BCUT2D eigenvalue weighted by Gasteiger charge is 2.15. The van der Waals surface area contributed by atoms with E-state index in [2.05, 4.69) is 15.9 Å². The van der Waals surface area contributed by atoms with Gasteiger partial charge in [-0.3, -0.25) is 0 Å². The van der Waals surface area contributed by atoms with Gasteiger partial charge >= 0.3 is 0 Å². The Balaban J connectivity index is 2.38. The van der Waals surface area contributed by atoms with Crippen molar-refractivity contribution in [3.05, 3.63) is 62.6 Å². The summed E-state index contributed by atoms with van der Waals surface area (Å²) in [4.78, 5) is 0. The third kappa shape index (κ3) is 3.11. The first-order valence-electron chi connectivity index (χ1n) is 5.80. The number of rotatable bonds is 3. The summed E-state index contributed by atoms with van der Waals surface area (Å²) in [5.74, 6) is 0.674. The van der Waals surface area contributed by atoms with Gasteiger partial charge < -0.3 is 9.84 Å². The van der Waals surface area contributed by atoms with Crippen LogP contribution in [0.5, 0.6) is 5.75 Å². The molecule has 0 amide bonds. The molecule has 100 valence electrons. The normalized spacial score (nSPS) is 12.3. The molecule has 0 bridgehead atoms. The third-order valence-corrected chi connectivity index (χ3v) is 4.22. The average Bonchev–Trinajstić information content (AvgIpc) is 2.41. The molecule has 0 saturated carbocycles. The third-order valence-electron chi connectivity index (χ3n) is 3.00. The standard InChI is InChI=1S/C15H14BrClO2/c1-9-7-10(3-6-13(9)16)15(18)12-5-4-11(19-2)8-14(12)17/h3-8,15,18H,1-2H3. The molecule has 0 fully saturated rings. The van der Waals surface area contributed by atoms with E-state index in [9.17, 15) is 5.11 Å². The summed E-state index contributed by atoms with van der Waals surface area (Å²) in [6.45, 7) is 1.98. The van der Waals surface area contributed by atoms with Crippen molar-refractivity contribution in [3.63, 3.8) is 0 Å².